The molecule has 0 spiro atoms. The van der Waals surface area contributed by atoms with Crippen LogP contribution >= 0.6 is 0 Å². The molecule has 3 heterocycles. The number of hydrogen-bond donors (Lipinski definition) is 0. The van der Waals surface area contributed by atoms with Crippen molar-refractivity contribution in [1.82, 2.24) is 14.1 Å². The summed E-state index contributed by atoms with van der Waals surface area (Å²) in [7, 11) is -3.67. The highest BCUT2D eigenvalue weighted by atomic mass is 32.2. The molecule has 0 amide bonds. The minimum atomic E-state index is -3.67. The van der Waals surface area contributed by atoms with Gasteiger partial charge in [-0.15, -0.1) is 0 Å². The number of carbonyl (C=O) groups excluding carboxylic acids is 1. The van der Waals surface area contributed by atoms with Gasteiger partial charge in [-0.1, -0.05) is 38.1 Å². The number of aromatic nitrogens is 2. The molecule has 1 saturated heterocycles. The lowest BCUT2D eigenvalue weighted by atomic mass is 10.2. The van der Waals surface area contributed by atoms with Gasteiger partial charge in [0, 0.05) is 37.3 Å². The second kappa shape index (κ2) is 10.5. The molecule has 2 aliphatic heterocycles. The van der Waals surface area contributed by atoms with Gasteiger partial charge in [-0.25, -0.2) is 22.9 Å². The quantitative estimate of drug-likeness (QED) is 0.319. The van der Waals surface area contributed by atoms with Crippen molar-refractivity contribution in [3.63, 3.8) is 0 Å². The number of anilines is 1. The lowest BCUT2D eigenvalue weighted by Gasteiger charge is -2.20. The highest BCUT2D eigenvalue weighted by Gasteiger charge is 2.29. The van der Waals surface area contributed by atoms with E-state index < -0.39 is 16.0 Å². The highest BCUT2D eigenvalue weighted by Crippen LogP contribution is 2.33. The van der Waals surface area contributed by atoms with Gasteiger partial charge >= 0.3 is 5.97 Å². The van der Waals surface area contributed by atoms with Crippen molar-refractivity contribution in [2.75, 3.05) is 31.1 Å². The van der Waals surface area contributed by atoms with Gasteiger partial charge in [0.2, 0.25) is 15.9 Å². The average molecular weight is 534 g/mol. The fourth-order valence-electron chi connectivity index (χ4n) is 4.85. The Labute approximate surface area is 223 Å². The molecular formula is C28H31N5O4S. The van der Waals surface area contributed by atoms with E-state index in [1.807, 2.05) is 41.9 Å². The molecule has 0 radical (unpaired) electrons. The summed E-state index contributed by atoms with van der Waals surface area (Å²) in [5.41, 5.74) is 3.09. The summed E-state index contributed by atoms with van der Waals surface area (Å²) in [6.07, 6.45) is 3.90. The highest BCUT2D eigenvalue weighted by molar-refractivity contribution is 7.89. The van der Waals surface area contributed by atoms with Gasteiger partial charge in [0.25, 0.3) is 0 Å². The minimum absolute atomic E-state index is 0.0775. The molecule has 2 aliphatic rings. The van der Waals surface area contributed by atoms with Crippen molar-refractivity contribution in [2.24, 2.45) is 4.99 Å². The average Bonchev–Trinajstić information content (AvgIpc) is 3.65. The molecule has 1 aromatic heterocycles. The van der Waals surface area contributed by atoms with Crippen molar-refractivity contribution in [3.8, 4) is 5.69 Å². The predicted molar refractivity (Wildman–Crippen MR) is 147 cm³/mol. The Hall–Kier alpha value is -3.76. The van der Waals surface area contributed by atoms with Crippen LogP contribution in [-0.2, 0) is 19.6 Å². The second-order valence-corrected chi connectivity index (χ2v) is 11.2. The van der Waals surface area contributed by atoms with E-state index in [0.29, 0.717) is 18.7 Å². The Morgan fingerprint density at radius 3 is 2.42 bits per heavy atom. The molecular weight excluding hydrogens is 502 g/mol. The summed E-state index contributed by atoms with van der Waals surface area (Å²) in [5, 5.41) is 4.80. The van der Waals surface area contributed by atoms with Gasteiger partial charge in [0.1, 0.15) is 5.82 Å². The fraction of sp³-hybridized carbons (Fsp3) is 0.321. The Bertz CT molecular complexity index is 1520. The molecule has 10 heteroatoms. The maximum atomic E-state index is 13.0. The van der Waals surface area contributed by atoms with Crippen LogP contribution in [0.25, 0.3) is 11.8 Å². The van der Waals surface area contributed by atoms with Crippen LogP contribution in [0.5, 0.6) is 0 Å². The Balaban J connectivity index is 1.55. The molecule has 0 N–H and O–H groups in total. The summed E-state index contributed by atoms with van der Waals surface area (Å²) in [4.78, 5) is 19.8. The number of nitrogens with zero attached hydrogens (tertiary/aromatic N) is 5. The van der Waals surface area contributed by atoms with Crippen LogP contribution < -0.4 is 4.90 Å². The first-order chi connectivity index (χ1) is 18.3. The topological polar surface area (TPSA) is 97.1 Å². The van der Waals surface area contributed by atoms with E-state index in [2.05, 4.69) is 9.89 Å². The van der Waals surface area contributed by atoms with E-state index in [-0.39, 0.29) is 16.5 Å². The molecule has 5 rings (SSSR count). The van der Waals surface area contributed by atoms with Crippen LogP contribution in [0.2, 0.25) is 0 Å². The normalized spacial score (nSPS) is 16.9. The third-order valence-electron chi connectivity index (χ3n) is 6.81. The zero-order valence-corrected chi connectivity index (χ0v) is 22.6. The Morgan fingerprint density at radius 1 is 1.03 bits per heavy atom. The third kappa shape index (κ3) is 4.77. The first-order valence-corrected chi connectivity index (χ1v) is 14.3. The van der Waals surface area contributed by atoms with E-state index in [0.717, 1.165) is 48.7 Å². The van der Waals surface area contributed by atoms with E-state index >= 15 is 0 Å². The number of cyclic esters (lactones) is 1. The zero-order chi connectivity index (χ0) is 26.9. The van der Waals surface area contributed by atoms with Crippen molar-refractivity contribution >= 4 is 33.8 Å². The summed E-state index contributed by atoms with van der Waals surface area (Å²) in [6.45, 7) is 8.04. The fourth-order valence-corrected chi connectivity index (χ4v) is 6.35. The van der Waals surface area contributed by atoms with Crippen molar-refractivity contribution < 1.29 is 17.9 Å². The molecule has 0 bridgehead atoms. The van der Waals surface area contributed by atoms with E-state index in [4.69, 9.17) is 9.84 Å². The molecule has 2 aromatic carbocycles. The SMILES string of the molecule is CCN(CC)S(=O)(=O)c1cccc(C2=N/C(=C\c3c(C)nn(-c4ccccc4)c3N3CCCC3)C(=O)O2)c1. The number of sulfonamides is 1. The molecule has 38 heavy (non-hydrogen) atoms. The second-order valence-electron chi connectivity index (χ2n) is 9.22. The van der Waals surface area contributed by atoms with Gasteiger partial charge in [0.05, 0.1) is 16.3 Å². The summed E-state index contributed by atoms with van der Waals surface area (Å²) in [5.74, 6) is 0.410. The zero-order valence-electron chi connectivity index (χ0n) is 21.8. The predicted octanol–water partition coefficient (Wildman–Crippen LogP) is 4.16. The van der Waals surface area contributed by atoms with Crippen molar-refractivity contribution in [3.05, 3.63) is 77.1 Å². The molecule has 0 atom stereocenters. The smallest absolute Gasteiger partial charge is 0.363 e. The number of aryl methyl sites for hydroxylation is 1. The number of benzene rings is 2. The van der Waals surface area contributed by atoms with Crippen molar-refractivity contribution in [2.45, 2.75) is 38.5 Å². The Kier molecular flexibility index (Phi) is 7.18. The number of ether oxygens (including phenoxy) is 1. The van der Waals surface area contributed by atoms with Crippen LogP contribution in [0.4, 0.5) is 5.82 Å². The lowest BCUT2D eigenvalue weighted by molar-refractivity contribution is -0.129. The number of hydrogen-bond acceptors (Lipinski definition) is 7. The molecule has 3 aromatic rings. The minimum Gasteiger partial charge on any atom is -0.402 e. The summed E-state index contributed by atoms with van der Waals surface area (Å²) < 4.78 is 34.8. The van der Waals surface area contributed by atoms with E-state index in [1.165, 1.54) is 16.4 Å². The first-order valence-electron chi connectivity index (χ1n) is 12.9. The maximum Gasteiger partial charge on any atom is 0.363 e. The van der Waals surface area contributed by atoms with Gasteiger partial charge < -0.3 is 9.64 Å². The van der Waals surface area contributed by atoms with E-state index in [1.54, 1.807) is 32.1 Å². The number of aliphatic imine (C=N–C) groups is 1. The van der Waals surface area contributed by atoms with Crippen LogP contribution in [0.3, 0.4) is 0 Å². The molecule has 9 nitrogen and oxygen atoms in total. The number of rotatable bonds is 8. The van der Waals surface area contributed by atoms with Crippen molar-refractivity contribution in [1.29, 1.82) is 0 Å². The maximum absolute atomic E-state index is 13.0. The largest absolute Gasteiger partial charge is 0.402 e. The lowest BCUT2D eigenvalue weighted by Crippen LogP contribution is -2.30. The van der Waals surface area contributed by atoms with Gasteiger partial charge in [0.15, 0.2) is 5.70 Å². The summed E-state index contributed by atoms with van der Waals surface area (Å²) >= 11 is 0. The Morgan fingerprint density at radius 2 is 1.74 bits per heavy atom. The van der Waals surface area contributed by atoms with Gasteiger partial charge in [-0.2, -0.15) is 9.40 Å². The molecule has 1 fully saturated rings. The van der Waals surface area contributed by atoms with Crippen LogP contribution in [0.1, 0.15) is 43.5 Å². The molecule has 0 saturated carbocycles. The number of carbonyl (C=O) groups is 1. The number of esters is 1. The monoisotopic (exact) mass is 533 g/mol. The van der Waals surface area contributed by atoms with Gasteiger partial charge in [-0.05, 0) is 56.2 Å². The summed E-state index contributed by atoms with van der Waals surface area (Å²) in [6, 6.07) is 16.3. The third-order valence-corrected chi connectivity index (χ3v) is 8.86. The number of para-hydroxylation sites is 1. The first kappa shape index (κ1) is 25.9. The standard InChI is InChI=1S/C28H31N5O4S/c1-4-32(5-2)38(35,36)23-15-11-12-21(18-23)26-29-25(28(34)37-26)19-24-20(3)30-33(22-13-7-6-8-14-22)27(24)31-16-9-10-17-31/h6-8,11-15,18-19H,4-5,9-10,16-17H2,1-3H3/b25-19-. The molecule has 0 unspecified atom stereocenters. The molecule has 198 valence electrons. The van der Waals surface area contributed by atoms with E-state index in [9.17, 15) is 13.2 Å². The van der Waals surface area contributed by atoms with Crippen LogP contribution in [0.15, 0.2) is 70.2 Å². The molecule has 0 aliphatic carbocycles. The van der Waals surface area contributed by atoms with Gasteiger partial charge in [-0.3, -0.25) is 0 Å². The van der Waals surface area contributed by atoms with Crippen LogP contribution in [0, 0.1) is 6.92 Å². The van der Waals surface area contributed by atoms with Crippen LogP contribution in [-0.4, -0.2) is 60.5 Å².